The minimum absolute atomic E-state index is 0. The monoisotopic (exact) mass is 1320 g/mol. The molecule has 0 heterocycles. The number of hydrogen-bond acceptors (Lipinski definition) is 0. The minimum Gasteiger partial charge on any atom is -1.00 e. The zero-order chi connectivity index (χ0) is 54.5. The van der Waals surface area contributed by atoms with E-state index in [4.69, 9.17) is 46.4 Å². The van der Waals surface area contributed by atoms with Gasteiger partial charge in [-0.3, -0.25) is 0 Å². The van der Waals surface area contributed by atoms with E-state index in [1.807, 2.05) is 72.8 Å². The summed E-state index contributed by atoms with van der Waals surface area (Å²) >= 11 is 27.7. The van der Waals surface area contributed by atoms with Crippen LogP contribution in [0.1, 0.15) is 22.3 Å². The van der Waals surface area contributed by atoms with Gasteiger partial charge in [-0.1, -0.05) is 169 Å². The summed E-state index contributed by atoms with van der Waals surface area (Å²) in [4.78, 5) is 0. The molecular weight excluding hydrogens is 1270 g/mol. The van der Waals surface area contributed by atoms with Crippen molar-refractivity contribution in [1.29, 1.82) is 0 Å². The Hall–Kier alpha value is -3.86. The number of benzene rings is 8. The van der Waals surface area contributed by atoms with Crippen molar-refractivity contribution in [3.8, 4) is 44.5 Å². The Morgan fingerprint density at radius 2 is 0.474 bits per heavy atom. The van der Waals surface area contributed by atoms with Crippen LogP contribution in [0.3, 0.4) is 0 Å². The molecule has 0 amide bonds. The van der Waals surface area contributed by atoms with Gasteiger partial charge in [-0.05, 0) is 70.8 Å². The SMILES string of the molecule is C[Si](C)=[Zr+2].C[Si](C)=[Zr+2].Cc1cc2c(-c3cccc(Cl)c3)cccc2[cH-]1.Cc1cc2c(-c3cccc(Cl)c3)cccc2[cH-]1.Cc1cc2c(-c3cccc(Cl)c3)cccc2[cH-]1.Cc1cc2c(-c3cccc(Cl)c3)cccc2[cH-]1.[Cl-].[Cl-]. The Morgan fingerprint density at radius 1 is 0.295 bits per heavy atom. The fourth-order valence-electron chi connectivity index (χ4n) is 9.17. The van der Waals surface area contributed by atoms with E-state index in [1.165, 1.54) is 110 Å². The average molecular weight is 1330 g/mol. The molecule has 0 radical (unpaired) electrons. The van der Waals surface area contributed by atoms with Crippen LogP contribution in [0.2, 0.25) is 46.3 Å². The summed E-state index contributed by atoms with van der Waals surface area (Å²) in [6.07, 6.45) is 0. The van der Waals surface area contributed by atoms with E-state index in [0.717, 1.165) is 20.1 Å². The molecular formula is C68H60Cl6Si2Zr2-2. The number of hydrogen-bond donors (Lipinski definition) is 0. The molecule has 0 saturated carbocycles. The van der Waals surface area contributed by atoms with Crippen molar-refractivity contribution in [2.75, 3.05) is 0 Å². The average Bonchev–Trinajstić information content (AvgIpc) is 4.18. The molecule has 12 aromatic carbocycles. The molecule has 78 heavy (non-hydrogen) atoms. The molecule has 392 valence electrons. The van der Waals surface area contributed by atoms with Gasteiger partial charge in [0.2, 0.25) is 0 Å². The maximum atomic E-state index is 6.05. The molecule has 0 atom stereocenters. The molecule has 10 heteroatoms. The number of aryl methyl sites for hydroxylation is 4. The first-order valence-corrected chi connectivity index (χ1v) is 39.0. The first-order chi connectivity index (χ1) is 36.4. The number of rotatable bonds is 4. The molecule has 0 N–H and O–H groups in total. The summed E-state index contributed by atoms with van der Waals surface area (Å²) in [5, 5.41) is 13.5. The summed E-state index contributed by atoms with van der Waals surface area (Å²) in [5.41, 5.74) is 15.3. The van der Waals surface area contributed by atoms with Crippen molar-refractivity contribution in [2.24, 2.45) is 0 Å². The van der Waals surface area contributed by atoms with Crippen molar-refractivity contribution in [3.05, 3.63) is 261 Å². The third kappa shape index (κ3) is 18.6. The molecule has 0 aliphatic heterocycles. The zero-order valence-electron chi connectivity index (χ0n) is 45.1. The molecule has 0 fully saturated rings. The summed E-state index contributed by atoms with van der Waals surface area (Å²) in [7, 11) is 0. The molecule has 0 saturated heterocycles. The third-order valence-electron chi connectivity index (χ3n) is 12.1. The fraction of sp³-hybridized carbons (Fsp3) is 0.118. The summed E-state index contributed by atoms with van der Waals surface area (Å²) in [6, 6.07) is 75.4. The fourth-order valence-corrected chi connectivity index (χ4v) is 9.93. The van der Waals surface area contributed by atoms with Gasteiger partial charge in [0.1, 0.15) is 0 Å². The summed E-state index contributed by atoms with van der Waals surface area (Å²) in [6.45, 7) is 17.7. The van der Waals surface area contributed by atoms with Gasteiger partial charge in [-0.25, -0.2) is 0 Å². The Labute approximate surface area is 525 Å². The Bertz CT molecular complexity index is 3430. The van der Waals surface area contributed by atoms with E-state index < -0.39 is 0 Å². The van der Waals surface area contributed by atoms with Gasteiger partial charge in [0.05, 0.1) is 0 Å². The van der Waals surface area contributed by atoms with Crippen molar-refractivity contribution in [1.82, 2.24) is 0 Å². The molecule has 0 bridgehead atoms. The molecule has 0 unspecified atom stereocenters. The van der Waals surface area contributed by atoms with Crippen molar-refractivity contribution in [3.63, 3.8) is 0 Å². The van der Waals surface area contributed by atoms with Crippen LogP contribution in [-0.2, 0) is 46.7 Å². The molecule has 12 aromatic rings. The van der Waals surface area contributed by atoms with E-state index in [0.29, 0.717) is 0 Å². The second-order valence-electron chi connectivity index (χ2n) is 19.4. The number of fused-ring (bicyclic) bond motifs is 4. The van der Waals surface area contributed by atoms with Crippen LogP contribution < -0.4 is 24.8 Å². The Balaban J connectivity index is 0.000000181. The quantitative estimate of drug-likeness (QED) is 0.122. The van der Waals surface area contributed by atoms with Gasteiger partial charge < -0.3 is 24.8 Å². The zero-order valence-corrected chi connectivity index (χ0v) is 56.5. The third-order valence-corrected chi connectivity index (χ3v) is 13.1. The standard InChI is InChI=1S/4C16H12Cl.2C2H6Si.2ClH.2Zr/c4*1-11-8-12-5-3-7-15(16(12)9-11)13-4-2-6-14(17)10-13;2*1-3-2;;;;/h4*2-10H,1H3;2*1-2H3;2*1H;;/q4*-1;;;;;2*+2/p-2. The maximum Gasteiger partial charge on any atom is 0.0411 e. The molecule has 0 spiro atoms. The predicted molar refractivity (Wildman–Crippen MR) is 334 cm³/mol. The normalized spacial score (nSPS) is 10.3. The van der Waals surface area contributed by atoms with Gasteiger partial charge in [-0.15, -0.1) is 138 Å². The van der Waals surface area contributed by atoms with Crippen molar-refractivity contribution in [2.45, 2.75) is 53.9 Å². The molecule has 0 nitrogen and oxygen atoms in total. The van der Waals surface area contributed by atoms with Crippen molar-refractivity contribution < 1.29 is 71.5 Å². The van der Waals surface area contributed by atoms with Crippen LogP contribution in [0, 0.1) is 27.7 Å². The van der Waals surface area contributed by atoms with Crippen LogP contribution in [0.15, 0.2) is 218 Å². The van der Waals surface area contributed by atoms with E-state index in [2.05, 4.69) is 199 Å². The Kier molecular flexibility index (Phi) is 26.1. The topological polar surface area (TPSA) is 0 Å². The second kappa shape index (κ2) is 31.4. The van der Waals surface area contributed by atoms with Crippen LogP contribution in [0.5, 0.6) is 0 Å². The maximum absolute atomic E-state index is 6.05. The van der Waals surface area contributed by atoms with Crippen LogP contribution in [0.4, 0.5) is 0 Å². The van der Waals surface area contributed by atoms with Crippen LogP contribution in [0.25, 0.3) is 87.6 Å². The predicted octanol–water partition coefficient (Wildman–Crippen LogP) is 16.3. The van der Waals surface area contributed by atoms with E-state index in [1.54, 1.807) is 46.7 Å². The molecule has 0 aliphatic carbocycles. The van der Waals surface area contributed by atoms with Gasteiger partial charge >= 0.3 is 83.7 Å². The van der Waals surface area contributed by atoms with E-state index >= 15 is 0 Å². The van der Waals surface area contributed by atoms with Crippen molar-refractivity contribution >= 4 is 100 Å². The molecule has 0 aliphatic rings. The first kappa shape index (κ1) is 65.0. The van der Waals surface area contributed by atoms with E-state index in [-0.39, 0.29) is 35.7 Å². The van der Waals surface area contributed by atoms with E-state index in [9.17, 15) is 0 Å². The van der Waals surface area contributed by atoms with Gasteiger partial charge in [0, 0.05) is 20.1 Å². The Morgan fingerprint density at radius 3 is 0.654 bits per heavy atom. The molecule has 0 aromatic heterocycles. The van der Waals surface area contributed by atoms with Crippen LogP contribution >= 0.6 is 46.4 Å². The summed E-state index contributed by atoms with van der Waals surface area (Å²) in [5.74, 6) is 0. The summed E-state index contributed by atoms with van der Waals surface area (Å²) < 4.78 is 0. The smallest absolute Gasteiger partial charge is 0.0411 e. The minimum atomic E-state index is 0. The van der Waals surface area contributed by atoms with Gasteiger partial charge in [0.25, 0.3) is 0 Å². The molecule has 12 rings (SSSR count). The van der Waals surface area contributed by atoms with Gasteiger partial charge in [0.15, 0.2) is 0 Å². The van der Waals surface area contributed by atoms with Gasteiger partial charge in [-0.2, -0.15) is 24.3 Å². The second-order valence-corrected chi connectivity index (χ2v) is 39.9. The number of halogens is 6. The largest absolute Gasteiger partial charge is 1.00 e. The first-order valence-electron chi connectivity index (χ1n) is 25.1. The van der Waals surface area contributed by atoms with Crippen LogP contribution in [-0.4, -0.2) is 10.9 Å².